The molecule has 1 heterocycles. The van der Waals surface area contributed by atoms with Gasteiger partial charge in [-0.05, 0) is 12.1 Å². The van der Waals surface area contributed by atoms with Crippen molar-refractivity contribution in [1.82, 2.24) is 9.78 Å². The molecule has 0 bridgehead atoms. The van der Waals surface area contributed by atoms with E-state index in [0.29, 0.717) is 6.54 Å². The summed E-state index contributed by atoms with van der Waals surface area (Å²) in [6.07, 6.45) is 3.67. The average molecular weight is 203 g/mol. The molecule has 0 aliphatic carbocycles. The summed E-state index contributed by atoms with van der Waals surface area (Å²) in [5, 5.41) is 4.21. The summed E-state index contributed by atoms with van der Waals surface area (Å²) < 4.78 is 6.93. The zero-order valence-corrected chi connectivity index (χ0v) is 8.55. The Kier molecular flexibility index (Phi) is 2.69. The monoisotopic (exact) mass is 203 g/mol. The first-order valence-electron chi connectivity index (χ1n) is 4.71. The van der Waals surface area contributed by atoms with Crippen molar-refractivity contribution in [3.8, 4) is 11.4 Å². The molecule has 2 aromatic rings. The Bertz CT molecular complexity index is 451. The molecule has 0 atom stereocenters. The Hall–Kier alpha value is -1.81. The molecule has 0 unspecified atom stereocenters. The third-order valence-corrected chi connectivity index (χ3v) is 2.19. The highest BCUT2D eigenvalue weighted by molar-refractivity contribution is 5.38. The lowest BCUT2D eigenvalue weighted by molar-refractivity contribution is 0.414. The van der Waals surface area contributed by atoms with Crippen molar-refractivity contribution in [2.45, 2.75) is 6.54 Å². The van der Waals surface area contributed by atoms with Crippen LogP contribution in [0.15, 0.2) is 36.7 Å². The maximum Gasteiger partial charge on any atom is 0.121 e. The maximum absolute atomic E-state index is 5.52. The van der Waals surface area contributed by atoms with Gasteiger partial charge in [0.1, 0.15) is 5.75 Å². The molecule has 0 amide bonds. The molecule has 4 nitrogen and oxygen atoms in total. The zero-order valence-electron chi connectivity index (χ0n) is 8.55. The van der Waals surface area contributed by atoms with E-state index in [0.717, 1.165) is 17.0 Å². The van der Waals surface area contributed by atoms with E-state index in [-0.39, 0.29) is 0 Å². The first-order valence-corrected chi connectivity index (χ1v) is 4.71. The highest BCUT2D eigenvalue weighted by Gasteiger charge is 2.00. The van der Waals surface area contributed by atoms with E-state index in [9.17, 15) is 0 Å². The van der Waals surface area contributed by atoms with Crippen LogP contribution in [0.3, 0.4) is 0 Å². The molecule has 0 aliphatic rings. The molecule has 0 saturated heterocycles. The van der Waals surface area contributed by atoms with Gasteiger partial charge in [0, 0.05) is 24.4 Å². The number of aromatic nitrogens is 2. The molecule has 2 N–H and O–H groups in total. The number of nitrogens with two attached hydrogens (primary N) is 1. The molecule has 2 rings (SSSR count). The molecule has 0 fully saturated rings. The van der Waals surface area contributed by atoms with Crippen molar-refractivity contribution in [2.24, 2.45) is 5.73 Å². The van der Waals surface area contributed by atoms with Gasteiger partial charge >= 0.3 is 0 Å². The van der Waals surface area contributed by atoms with E-state index in [1.807, 2.05) is 30.5 Å². The molecule has 0 aliphatic heterocycles. The minimum absolute atomic E-state index is 0.504. The van der Waals surface area contributed by atoms with Crippen molar-refractivity contribution < 1.29 is 4.74 Å². The van der Waals surface area contributed by atoms with Crippen LogP contribution in [0.4, 0.5) is 0 Å². The van der Waals surface area contributed by atoms with Gasteiger partial charge in [-0.1, -0.05) is 6.07 Å². The topological polar surface area (TPSA) is 53.1 Å². The number of benzene rings is 1. The number of methoxy groups -OCH3 is 1. The van der Waals surface area contributed by atoms with Gasteiger partial charge < -0.3 is 10.5 Å². The van der Waals surface area contributed by atoms with Crippen LogP contribution >= 0.6 is 0 Å². The Balaban J connectivity index is 2.35. The van der Waals surface area contributed by atoms with Gasteiger partial charge in [-0.15, -0.1) is 0 Å². The predicted octanol–water partition coefficient (Wildman–Crippen LogP) is 1.34. The minimum atomic E-state index is 0.504. The molecule has 15 heavy (non-hydrogen) atoms. The van der Waals surface area contributed by atoms with Gasteiger partial charge in [-0.2, -0.15) is 5.10 Å². The fourth-order valence-electron chi connectivity index (χ4n) is 1.36. The third kappa shape index (κ3) is 1.99. The van der Waals surface area contributed by atoms with Crippen molar-refractivity contribution in [3.63, 3.8) is 0 Å². The van der Waals surface area contributed by atoms with Gasteiger partial charge in [0.15, 0.2) is 0 Å². The zero-order chi connectivity index (χ0) is 10.7. The molecule has 4 heteroatoms. The molecular weight excluding hydrogens is 190 g/mol. The van der Waals surface area contributed by atoms with Crippen LogP contribution in [0.2, 0.25) is 0 Å². The maximum atomic E-state index is 5.52. The first-order chi connectivity index (χ1) is 7.33. The lowest BCUT2D eigenvalue weighted by Gasteiger charge is -2.03. The fourth-order valence-corrected chi connectivity index (χ4v) is 1.36. The van der Waals surface area contributed by atoms with Gasteiger partial charge in [-0.3, -0.25) is 0 Å². The van der Waals surface area contributed by atoms with E-state index in [4.69, 9.17) is 10.5 Å². The normalized spacial score (nSPS) is 10.3. The fraction of sp³-hybridized carbons (Fsp3) is 0.182. The van der Waals surface area contributed by atoms with Crippen molar-refractivity contribution in [2.75, 3.05) is 7.11 Å². The molecule has 0 radical (unpaired) electrons. The lowest BCUT2D eigenvalue weighted by atomic mass is 10.3. The SMILES string of the molecule is COc1cccc(-n2cc(CN)cn2)c1. The first kappa shape index (κ1) is 9.73. The van der Waals surface area contributed by atoms with Crippen LogP contribution in [0, 0.1) is 0 Å². The van der Waals surface area contributed by atoms with Gasteiger partial charge in [0.25, 0.3) is 0 Å². The van der Waals surface area contributed by atoms with Crippen LogP contribution in [-0.4, -0.2) is 16.9 Å². The van der Waals surface area contributed by atoms with Gasteiger partial charge in [0.05, 0.1) is 19.0 Å². The largest absolute Gasteiger partial charge is 0.497 e. The Morgan fingerprint density at radius 2 is 2.33 bits per heavy atom. The molecule has 1 aromatic carbocycles. The van der Waals surface area contributed by atoms with Gasteiger partial charge in [-0.25, -0.2) is 4.68 Å². The number of hydrogen-bond acceptors (Lipinski definition) is 3. The Morgan fingerprint density at radius 1 is 1.47 bits per heavy atom. The highest BCUT2D eigenvalue weighted by Crippen LogP contribution is 2.15. The van der Waals surface area contributed by atoms with E-state index in [2.05, 4.69) is 5.10 Å². The van der Waals surface area contributed by atoms with E-state index in [1.165, 1.54) is 0 Å². The molecular formula is C11H13N3O. The Labute approximate surface area is 88.3 Å². The standard InChI is InChI=1S/C11H13N3O/c1-15-11-4-2-3-10(5-11)14-8-9(6-12)7-13-14/h2-5,7-8H,6,12H2,1H3. The highest BCUT2D eigenvalue weighted by atomic mass is 16.5. The van der Waals surface area contributed by atoms with Crippen LogP contribution in [-0.2, 0) is 6.54 Å². The average Bonchev–Trinajstić information content (AvgIpc) is 2.78. The summed E-state index contributed by atoms with van der Waals surface area (Å²) in [6, 6.07) is 7.72. The molecule has 78 valence electrons. The summed E-state index contributed by atoms with van der Waals surface area (Å²) in [7, 11) is 1.65. The van der Waals surface area contributed by atoms with Crippen molar-refractivity contribution >= 4 is 0 Å². The summed E-state index contributed by atoms with van der Waals surface area (Å²) in [5.41, 5.74) is 7.50. The summed E-state index contributed by atoms with van der Waals surface area (Å²) in [6.45, 7) is 0.504. The van der Waals surface area contributed by atoms with Crippen LogP contribution in [0.1, 0.15) is 5.56 Å². The Morgan fingerprint density at radius 3 is 3.00 bits per heavy atom. The number of ether oxygens (including phenoxy) is 1. The molecule has 0 saturated carbocycles. The smallest absolute Gasteiger partial charge is 0.121 e. The molecule has 1 aromatic heterocycles. The van der Waals surface area contributed by atoms with Crippen LogP contribution < -0.4 is 10.5 Å². The van der Waals surface area contributed by atoms with Crippen LogP contribution in [0.25, 0.3) is 5.69 Å². The van der Waals surface area contributed by atoms with Crippen molar-refractivity contribution in [1.29, 1.82) is 0 Å². The summed E-state index contributed by atoms with van der Waals surface area (Å²) in [5.74, 6) is 0.817. The third-order valence-electron chi connectivity index (χ3n) is 2.19. The quantitative estimate of drug-likeness (QED) is 0.819. The predicted molar refractivity (Wildman–Crippen MR) is 58.0 cm³/mol. The number of hydrogen-bond donors (Lipinski definition) is 1. The van der Waals surface area contributed by atoms with Gasteiger partial charge in [0.2, 0.25) is 0 Å². The van der Waals surface area contributed by atoms with Crippen LogP contribution in [0.5, 0.6) is 5.75 Å². The second-order valence-electron chi connectivity index (χ2n) is 3.20. The van der Waals surface area contributed by atoms with E-state index < -0.39 is 0 Å². The second-order valence-corrected chi connectivity index (χ2v) is 3.20. The summed E-state index contributed by atoms with van der Waals surface area (Å²) in [4.78, 5) is 0. The van der Waals surface area contributed by atoms with Crippen molar-refractivity contribution in [3.05, 3.63) is 42.2 Å². The van der Waals surface area contributed by atoms with E-state index in [1.54, 1.807) is 18.0 Å². The minimum Gasteiger partial charge on any atom is -0.497 e. The summed E-state index contributed by atoms with van der Waals surface area (Å²) >= 11 is 0. The second kappa shape index (κ2) is 4.14. The lowest BCUT2D eigenvalue weighted by Crippen LogP contribution is -1.96. The molecule has 0 spiro atoms. The van der Waals surface area contributed by atoms with E-state index >= 15 is 0 Å². The number of rotatable bonds is 3. The number of nitrogens with zero attached hydrogens (tertiary/aromatic N) is 2.